The van der Waals surface area contributed by atoms with Crippen molar-refractivity contribution in [2.75, 3.05) is 51.5 Å². The Balaban J connectivity index is 0.0000000967. The van der Waals surface area contributed by atoms with Gasteiger partial charge in [-0.2, -0.15) is 24.1 Å². The molecule has 31 fully saturated rings. The van der Waals surface area contributed by atoms with Crippen LogP contribution in [0, 0.1) is 158 Å². The van der Waals surface area contributed by atoms with Gasteiger partial charge < -0.3 is 58.8 Å². The number of carboxylic acid groups (broad SMARTS) is 2. The summed E-state index contributed by atoms with van der Waals surface area (Å²) in [6, 6.07) is 0. The van der Waals surface area contributed by atoms with E-state index in [4.69, 9.17) is 65.0 Å². The fraction of sp³-hybridized carbons (Fsp3) is 0.833. The van der Waals surface area contributed by atoms with Crippen molar-refractivity contribution in [2.45, 2.75) is 418 Å². The van der Waals surface area contributed by atoms with Crippen molar-refractivity contribution in [3.8, 4) is 11.8 Å². The molecule has 28 nitrogen and oxygen atoms in total. The number of aromatic nitrogens is 6. The molecule has 34 rings (SSSR count). The van der Waals surface area contributed by atoms with Crippen molar-refractivity contribution in [3.05, 3.63) is 68.2 Å². The zero-order valence-electron chi connectivity index (χ0n) is 91.1. The van der Waals surface area contributed by atoms with Crippen LogP contribution in [0.5, 0.6) is 11.8 Å². The molecule has 0 unspecified atom stereocenters. The molecule has 16 spiro atoms. The van der Waals surface area contributed by atoms with Crippen LogP contribution in [0.1, 0.15) is 417 Å². The minimum absolute atomic E-state index is 0.00694. The fourth-order valence-corrected chi connectivity index (χ4v) is 35.4. The number of esters is 2. The lowest BCUT2D eigenvalue weighted by Crippen LogP contribution is -2.28. The number of carbonyl (C=O) groups is 7. The Hall–Kier alpha value is -7.03. The Morgan fingerprint density at radius 1 is 0.507 bits per heavy atom. The number of nitrogens with zero attached hydrogens (tertiary/aromatic N) is 5. The van der Waals surface area contributed by atoms with Crippen LogP contribution >= 0.6 is 31.9 Å². The van der Waals surface area contributed by atoms with Crippen LogP contribution in [0.3, 0.4) is 0 Å². The van der Waals surface area contributed by atoms with Crippen LogP contribution in [0.4, 0.5) is 9.59 Å². The number of allylic oxidation sites excluding steroid dienone is 2. The van der Waals surface area contributed by atoms with E-state index < -0.39 is 41.3 Å². The minimum Gasteiger partial charge on any atom is -0.481 e. The highest BCUT2D eigenvalue weighted by Crippen LogP contribution is 2.98. The van der Waals surface area contributed by atoms with Gasteiger partial charge in [0.2, 0.25) is 18.3 Å². The summed E-state index contributed by atoms with van der Waals surface area (Å²) >= 11 is 7.32. The molecule has 824 valence electrons. The van der Waals surface area contributed by atoms with Gasteiger partial charge in [0.1, 0.15) is 28.1 Å². The number of ether oxygens (including phenoxy) is 6. The number of carbonyl (C=O) groups excluding carboxylic acids is 7. The number of hydrogen-bond donors (Lipinski definition) is 7. The predicted octanol–water partition coefficient (Wildman–Crippen LogP) is 23.7. The van der Waals surface area contributed by atoms with Crippen molar-refractivity contribution in [3.63, 3.8) is 0 Å². The van der Waals surface area contributed by atoms with Gasteiger partial charge in [0.25, 0.3) is 5.56 Å². The molecule has 0 bridgehead atoms. The van der Waals surface area contributed by atoms with Gasteiger partial charge in [-0.1, -0.05) is 49.9 Å². The van der Waals surface area contributed by atoms with Crippen LogP contribution in [0.25, 0.3) is 4.85 Å². The van der Waals surface area contributed by atoms with Crippen molar-refractivity contribution in [2.24, 2.45) is 152 Å². The Labute approximate surface area is 901 Å². The number of aliphatic hydroxyl groups is 3. The number of aromatic amines is 2. The zero-order chi connectivity index (χ0) is 106. The molecule has 3 heterocycles. The van der Waals surface area contributed by atoms with Crippen LogP contribution in [0.2, 0.25) is 0 Å². The summed E-state index contributed by atoms with van der Waals surface area (Å²) in [5.41, 5.74) is 14.2. The monoisotopic (exact) mass is 2200 g/mol. The molecule has 0 saturated heterocycles. The van der Waals surface area contributed by atoms with Gasteiger partial charge in [-0.05, 0) is 517 Å². The lowest BCUT2D eigenvalue weighted by atomic mass is 10.2. The first-order chi connectivity index (χ1) is 71.5. The average Bonchev–Trinajstić information content (AvgIpc) is 1.42. The number of rotatable bonds is 24. The lowest BCUT2D eigenvalue weighted by Gasteiger charge is -2.18. The Morgan fingerprint density at radius 2 is 0.900 bits per heavy atom. The van der Waals surface area contributed by atoms with E-state index in [1.165, 1.54) is 268 Å². The molecule has 0 radical (unpaired) electrons. The first-order valence-corrected chi connectivity index (χ1v) is 60.6. The standard InChI is InChI=1S/C20H28N2O5.C13H16N2O3.C10H16N2O3.C9H11N.C9H12O2.C9H12O.C9H14O.C8H11Br.C8H12O.C6H9Br.C6H10O2.C6H10O.C6H8.CO2/c1-5-25-16(23)13-12-22(17(24)27-18(2,3)4)21-15(13)26-11-6-14-19(7-8-19)20(14)9-10-20;16-11(17)8-7-14-15-10(8)18-6-1-9-12(2-3-12)13(9)4-5-13;1-5-7-6-12(11-8(7)13)9(14)15-10(2,3)4;1-10-6-7-8(2-3-8)9(7)4-5-9;10-7(11)5-6-8(1-2-8)9(6)3-4-9;1-6(10)7-8(2-3-8)9(7)4-5-9;10-6-1-7-8(2-3-8)9(7)4-5-9;2*9-5-6-7(1-2-7)8(6)3-4-8;7-6(3-4-6)5-1-2-5;1-2-8-6(7)5-3-4-5;7-6(3-4-6)5-1-2-5;1-2-5(1)6-3-4-6;2-1-3/h12,14H,5-11H2,1-4H3;7,9H,1-6H2,(H,14,15)(H,16,17);6H,5H2,1-4H3,(H,11,13);7H,2-6H2;6H,1-5H2,(H,10,11);7H,2-5H2,1H3;7,10H,1-6H2;6H,1-5H2;6,9H,1-5H2;5H,1-4H2;5H,2-4H2,1H3;5,7H,1-4H2;1-4H2;. The number of aromatic carboxylic acids is 1. The van der Waals surface area contributed by atoms with E-state index in [9.17, 15) is 43.5 Å². The van der Waals surface area contributed by atoms with E-state index >= 15 is 0 Å². The SMILES string of the molecule is BrC1(C2CC2)CC1.BrCC1C2(CC2)C12CC2.C1CC1=C1CC1.CC(=O)C1C2(CC2)C12CC2.CCOC(=O)C1CC1.CCOC(=O)c1cn(C(=O)OC(C)(C)C)nc1OCCC1C2(CC2)C12CC2.CCc1cn(C(=O)OC(C)(C)C)[nH]c1=O.O=C(O)CC1C2(CC2)C12CC2.O=C(O)c1cn[nH]c1OCCC1C2(CC2)C12CC2.O=C=O.OC1(C2CC2)CC1.OCC1C2(CC2)C12CC2.OCCC1C2(CC2)C12CC2.[C-]#[N+]CC1C2(CC2)C12CC2. The summed E-state index contributed by atoms with van der Waals surface area (Å²) in [4.78, 5) is 110. The molecule has 31 aliphatic rings. The van der Waals surface area contributed by atoms with Crippen molar-refractivity contribution in [1.29, 1.82) is 0 Å². The molecule has 3 aromatic heterocycles. The largest absolute Gasteiger partial charge is 0.481 e. The lowest BCUT2D eigenvalue weighted by molar-refractivity contribution is -0.192. The third kappa shape index (κ3) is 20.4. The molecule has 31 saturated carbocycles. The normalized spacial score (nSPS) is 30.2. The van der Waals surface area contributed by atoms with Crippen LogP contribution < -0.4 is 15.0 Å². The summed E-state index contributed by atoms with van der Waals surface area (Å²) in [5, 5.41) is 58.7. The molecule has 0 aliphatic heterocycles. The van der Waals surface area contributed by atoms with Gasteiger partial charge in [-0.25, -0.2) is 30.8 Å². The molecule has 150 heavy (non-hydrogen) atoms. The quantitative estimate of drug-likeness (QED) is 0.0144. The molecular weight excluding hydrogens is 2040 g/mol. The number of fused-ring (bicyclic) bond motifs is 8. The molecule has 0 aromatic carbocycles. The van der Waals surface area contributed by atoms with Gasteiger partial charge in [-0.3, -0.25) is 24.3 Å². The molecule has 0 atom stereocenters. The highest BCUT2D eigenvalue weighted by Gasteiger charge is 2.92. The number of aliphatic carboxylic acids is 1. The third-order valence-electron chi connectivity index (χ3n) is 44.6. The highest BCUT2D eigenvalue weighted by molar-refractivity contribution is 9.10. The van der Waals surface area contributed by atoms with Crippen molar-refractivity contribution in [1.82, 2.24) is 29.8 Å². The maximum Gasteiger partial charge on any atom is 0.435 e. The predicted molar refractivity (Wildman–Crippen MR) is 564 cm³/mol. The number of aliphatic hydroxyl groups excluding tert-OH is 2. The number of H-pyrrole nitrogens is 2. The number of aryl methyl sites for hydroxylation is 1. The zero-order valence-corrected chi connectivity index (χ0v) is 94.2. The maximum absolute atomic E-state index is 12.3. The Kier molecular flexibility index (Phi) is 27.8. The molecular formula is C120H169Br2N7O21. The second-order valence-corrected chi connectivity index (χ2v) is 56.9. The van der Waals surface area contributed by atoms with Gasteiger partial charge in [0.15, 0.2) is 0 Å². The van der Waals surface area contributed by atoms with E-state index in [1.807, 2.05) is 13.8 Å². The number of halogens is 2. The Morgan fingerprint density at radius 3 is 1.19 bits per heavy atom. The van der Waals surface area contributed by atoms with Gasteiger partial charge in [0, 0.05) is 52.9 Å². The van der Waals surface area contributed by atoms with E-state index in [2.05, 4.69) is 57.1 Å². The number of hydrogen-bond acceptors (Lipinski definition) is 21. The topological polar surface area (TPSA) is 399 Å². The number of carboxylic acids is 2. The van der Waals surface area contributed by atoms with E-state index in [0.29, 0.717) is 123 Å². The molecule has 31 aliphatic carbocycles. The summed E-state index contributed by atoms with van der Waals surface area (Å²) < 4.78 is 34.3. The first-order valence-electron chi connectivity index (χ1n) is 58.6. The number of Topliss-reactive ketones (excluding diaryl/α,β-unsaturated/α-hetero) is 1. The van der Waals surface area contributed by atoms with Crippen molar-refractivity contribution >= 4 is 79.9 Å². The smallest absolute Gasteiger partial charge is 0.435 e. The number of alkyl halides is 2. The first kappa shape index (κ1) is 108. The third-order valence-corrected chi connectivity index (χ3v) is 46.7. The van der Waals surface area contributed by atoms with Crippen molar-refractivity contribution < 1.29 is 97.1 Å². The molecule has 30 heteroatoms. The number of ketones is 1. The Bertz CT molecular complexity index is 5580. The average molecular weight is 2210 g/mol. The fourth-order valence-electron chi connectivity index (χ4n) is 33.5. The van der Waals surface area contributed by atoms with E-state index in [-0.39, 0.29) is 58.7 Å². The van der Waals surface area contributed by atoms with Crippen LogP contribution in [0.15, 0.2) is 34.5 Å². The van der Waals surface area contributed by atoms with Crippen LogP contribution in [-0.4, -0.2) is 176 Å². The van der Waals surface area contributed by atoms with Crippen LogP contribution in [-0.2, 0) is 49.3 Å². The van der Waals surface area contributed by atoms with Gasteiger partial charge in [-0.15, -0.1) is 5.10 Å². The molecule has 0 amide bonds. The maximum atomic E-state index is 12.3. The highest BCUT2D eigenvalue weighted by atomic mass is 79.9. The summed E-state index contributed by atoms with van der Waals surface area (Å²) in [5.74, 6) is 7.11. The summed E-state index contributed by atoms with van der Waals surface area (Å²) in [6.45, 7) is 28.2. The minimum atomic E-state index is -0.998. The number of nitrogens with one attached hydrogen (secondary N) is 2. The molecule has 7 N–H and O–H groups in total. The summed E-state index contributed by atoms with van der Waals surface area (Å²) in [6.07, 6.45) is 71.2. The van der Waals surface area contributed by atoms with Gasteiger partial charge >= 0.3 is 42.2 Å². The van der Waals surface area contributed by atoms with E-state index in [1.54, 1.807) is 92.2 Å². The molecule has 3 aromatic rings. The summed E-state index contributed by atoms with van der Waals surface area (Å²) in [7, 11) is 0. The van der Waals surface area contributed by atoms with Gasteiger partial charge in [0.05, 0.1) is 50.3 Å². The second kappa shape index (κ2) is 38.4. The van der Waals surface area contributed by atoms with E-state index in [0.717, 1.165) is 146 Å². The second-order valence-electron chi connectivity index (χ2n) is 54.7.